The van der Waals surface area contributed by atoms with Crippen molar-refractivity contribution in [2.45, 2.75) is 32.3 Å². The van der Waals surface area contributed by atoms with Gasteiger partial charge in [-0.05, 0) is 63.0 Å². The lowest BCUT2D eigenvalue weighted by Crippen LogP contribution is -2.40. The topological polar surface area (TPSA) is 109 Å². The van der Waals surface area contributed by atoms with Gasteiger partial charge in [-0.15, -0.1) is 0 Å². The molecule has 3 rings (SSSR count). The molecule has 0 aliphatic carbocycles. The lowest BCUT2D eigenvalue weighted by Gasteiger charge is -2.32. The molecule has 2 fully saturated rings. The quantitative estimate of drug-likeness (QED) is 0.420. The van der Waals surface area contributed by atoms with Gasteiger partial charge < -0.3 is 15.2 Å². The van der Waals surface area contributed by atoms with Gasteiger partial charge in [-0.3, -0.25) is 20.0 Å². The maximum Gasteiger partial charge on any atom is 0.414 e. The molecule has 1 aromatic rings. The number of nitrogens with zero attached hydrogens (tertiary/aromatic N) is 2. The smallest absolute Gasteiger partial charge is 0.414 e. The second kappa shape index (κ2) is 9.05. The zero-order valence-corrected chi connectivity index (χ0v) is 16.2. The number of nitrogen functional groups attached to an aromatic ring is 1. The standard InChI is InChI=1S/C20H28N4O4/c1-2-27-18(25)11-14-7-9-23(10-8-14)12-17-13-24(20(26)28-17)16-5-3-15(4-6-16)19(21)22/h3-6,14,17H,2,7-13H2,1H3,(H3,21,22). The third-order valence-electron chi connectivity index (χ3n) is 5.29. The highest BCUT2D eigenvalue weighted by molar-refractivity contribution is 5.96. The zero-order chi connectivity index (χ0) is 20.1. The van der Waals surface area contributed by atoms with Gasteiger partial charge in [0.2, 0.25) is 0 Å². The number of ether oxygens (including phenoxy) is 2. The van der Waals surface area contributed by atoms with Crippen LogP contribution in [-0.4, -0.2) is 61.7 Å². The fourth-order valence-corrected chi connectivity index (χ4v) is 3.77. The zero-order valence-electron chi connectivity index (χ0n) is 16.2. The number of hydrogen-bond acceptors (Lipinski definition) is 6. The van der Waals surface area contributed by atoms with Crippen LogP contribution in [0.3, 0.4) is 0 Å². The lowest BCUT2D eigenvalue weighted by molar-refractivity contribution is -0.144. The molecule has 152 valence electrons. The monoisotopic (exact) mass is 388 g/mol. The Bertz CT molecular complexity index is 713. The number of hydrogen-bond donors (Lipinski definition) is 2. The van der Waals surface area contributed by atoms with Crippen LogP contribution < -0.4 is 10.6 Å². The van der Waals surface area contributed by atoms with Crippen LogP contribution in [0.1, 0.15) is 31.7 Å². The third kappa shape index (κ3) is 5.01. The number of rotatable bonds is 7. The maximum atomic E-state index is 12.2. The molecule has 8 heteroatoms. The van der Waals surface area contributed by atoms with Gasteiger partial charge in [0.25, 0.3) is 0 Å². The Hall–Kier alpha value is -2.61. The summed E-state index contributed by atoms with van der Waals surface area (Å²) in [5, 5.41) is 7.44. The molecule has 2 aliphatic rings. The Morgan fingerprint density at radius 1 is 1.29 bits per heavy atom. The molecule has 0 bridgehead atoms. The number of cyclic esters (lactones) is 1. The van der Waals surface area contributed by atoms with Gasteiger partial charge in [0.05, 0.1) is 13.2 Å². The number of nitrogens with two attached hydrogens (primary N) is 1. The number of esters is 1. The molecule has 1 aromatic carbocycles. The van der Waals surface area contributed by atoms with E-state index in [4.69, 9.17) is 20.6 Å². The number of anilines is 1. The molecular formula is C20H28N4O4. The minimum Gasteiger partial charge on any atom is -0.466 e. The molecule has 1 unspecified atom stereocenters. The SMILES string of the molecule is CCOC(=O)CC1CCN(CC2CN(c3ccc(C(=N)N)cc3)C(=O)O2)CC1. The summed E-state index contributed by atoms with van der Waals surface area (Å²) in [7, 11) is 0. The summed E-state index contributed by atoms with van der Waals surface area (Å²) in [6.45, 7) is 5.24. The second-order valence-corrected chi connectivity index (χ2v) is 7.33. The van der Waals surface area contributed by atoms with E-state index in [0.717, 1.165) is 31.6 Å². The first-order chi connectivity index (χ1) is 13.5. The summed E-state index contributed by atoms with van der Waals surface area (Å²) in [4.78, 5) is 27.8. The van der Waals surface area contributed by atoms with Gasteiger partial charge in [-0.1, -0.05) is 0 Å². The van der Waals surface area contributed by atoms with Crippen LogP contribution in [0.25, 0.3) is 0 Å². The van der Waals surface area contributed by atoms with Gasteiger partial charge in [-0.25, -0.2) is 4.79 Å². The van der Waals surface area contributed by atoms with Crippen molar-refractivity contribution >= 4 is 23.6 Å². The molecule has 8 nitrogen and oxygen atoms in total. The van der Waals surface area contributed by atoms with Gasteiger partial charge in [0.1, 0.15) is 11.9 Å². The largest absolute Gasteiger partial charge is 0.466 e. The number of likely N-dealkylation sites (tertiary alicyclic amines) is 1. The Morgan fingerprint density at radius 3 is 2.57 bits per heavy atom. The van der Waals surface area contributed by atoms with E-state index in [0.29, 0.717) is 37.6 Å². The summed E-state index contributed by atoms with van der Waals surface area (Å²) in [5.74, 6) is 0.259. The summed E-state index contributed by atoms with van der Waals surface area (Å²) >= 11 is 0. The lowest BCUT2D eigenvalue weighted by atomic mass is 9.93. The summed E-state index contributed by atoms with van der Waals surface area (Å²) < 4.78 is 10.6. The third-order valence-corrected chi connectivity index (χ3v) is 5.29. The van der Waals surface area contributed by atoms with Gasteiger partial charge in [0, 0.05) is 24.2 Å². The molecular weight excluding hydrogens is 360 g/mol. The minimum absolute atomic E-state index is 0.000200. The number of carbonyl (C=O) groups is 2. The van der Waals surface area contributed by atoms with Crippen molar-refractivity contribution in [2.24, 2.45) is 11.7 Å². The number of piperidine rings is 1. The number of carbonyl (C=O) groups excluding carboxylic acids is 2. The molecule has 2 heterocycles. The molecule has 0 spiro atoms. The van der Waals surface area contributed by atoms with E-state index < -0.39 is 0 Å². The Balaban J connectivity index is 1.47. The molecule has 0 aromatic heterocycles. The molecule has 0 saturated carbocycles. The molecule has 2 aliphatic heterocycles. The van der Waals surface area contributed by atoms with Gasteiger partial charge in [0.15, 0.2) is 0 Å². The van der Waals surface area contributed by atoms with E-state index >= 15 is 0 Å². The highest BCUT2D eigenvalue weighted by atomic mass is 16.6. The van der Waals surface area contributed by atoms with Crippen molar-refractivity contribution in [3.05, 3.63) is 29.8 Å². The molecule has 2 saturated heterocycles. The Morgan fingerprint density at radius 2 is 1.96 bits per heavy atom. The van der Waals surface area contributed by atoms with Crippen molar-refractivity contribution in [1.82, 2.24) is 4.90 Å². The number of nitrogens with one attached hydrogen (secondary N) is 1. The summed E-state index contributed by atoms with van der Waals surface area (Å²) in [5.41, 5.74) is 6.83. The van der Waals surface area contributed by atoms with E-state index in [1.54, 1.807) is 29.2 Å². The number of benzene rings is 1. The average molecular weight is 388 g/mol. The maximum absolute atomic E-state index is 12.2. The van der Waals surface area contributed by atoms with Crippen LogP contribution in [0.15, 0.2) is 24.3 Å². The van der Waals surface area contributed by atoms with Crippen LogP contribution >= 0.6 is 0 Å². The summed E-state index contributed by atoms with van der Waals surface area (Å²) in [6.07, 6.45) is 1.87. The van der Waals surface area contributed by atoms with E-state index in [1.165, 1.54) is 0 Å². The predicted molar refractivity (Wildman–Crippen MR) is 105 cm³/mol. The molecule has 0 radical (unpaired) electrons. The average Bonchev–Trinajstić information content (AvgIpc) is 3.03. The first-order valence-corrected chi connectivity index (χ1v) is 9.76. The highest BCUT2D eigenvalue weighted by Crippen LogP contribution is 2.25. The van der Waals surface area contributed by atoms with E-state index in [1.807, 2.05) is 6.92 Å². The number of amidine groups is 1. The van der Waals surface area contributed by atoms with Gasteiger partial charge >= 0.3 is 12.1 Å². The van der Waals surface area contributed by atoms with Crippen molar-refractivity contribution in [3.63, 3.8) is 0 Å². The molecule has 1 amide bonds. The summed E-state index contributed by atoms with van der Waals surface area (Å²) in [6, 6.07) is 7.02. The second-order valence-electron chi connectivity index (χ2n) is 7.33. The van der Waals surface area contributed by atoms with Crippen LogP contribution in [0, 0.1) is 11.3 Å². The van der Waals surface area contributed by atoms with Crippen LogP contribution in [0.5, 0.6) is 0 Å². The molecule has 28 heavy (non-hydrogen) atoms. The normalized spacial score (nSPS) is 20.8. The van der Waals surface area contributed by atoms with Crippen molar-refractivity contribution < 1.29 is 19.1 Å². The number of amides is 1. The van der Waals surface area contributed by atoms with Crippen molar-refractivity contribution in [1.29, 1.82) is 5.41 Å². The minimum atomic E-state index is -0.349. The molecule has 3 N–H and O–H groups in total. The fourth-order valence-electron chi connectivity index (χ4n) is 3.77. The Labute approximate surface area is 165 Å². The van der Waals surface area contributed by atoms with Crippen molar-refractivity contribution in [3.8, 4) is 0 Å². The Kier molecular flexibility index (Phi) is 6.51. The van der Waals surface area contributed by atoms with E-state index in [2.05, 4.69) is 4.90 Å². The highest BCUT2D eigenvalue weighted by Gasteiger charge is 2.34. The van der Waals surface area contributed by atoms with E-state index in [9.17, 15) is 9.59 Å². The van der Waals surface area contributed by atoms with Crippen molar-refractivity contribution in [2.75, 3.05) is 37.7 Å². The predicted octanol–water partition coefficient (Wildman–Crippen LogP) is 1.96. The van der Waals surface area contributed by atoms with E-state index in [-0.39, 0.29) is 24.0 Å². The van der Waals surface area contributed by atoms with Crippen LogP contribution in [0.4, 0.5) is 10.5 Å². The first-order valence-electron chi connectivity index (χ1n) is 9.76. The van der Waals surface area contributed by atoms with Crippen LogP contribution in [0.2, 0.25) is 0 Å². The first kappa shape index (κ1) is 20.1. The van der Waals surface area contributed by atoms with Crippen LogP contribution in [-0.2, 0) is 14.3 Å². The fraction of sp³-hybridized carbons (Fsp3) is 0.550. The molecule has 1 atom stereocenters. The van der Waals surface area contributed by atoms with Gasteiger partial charge in [-0.2, -0.15) is 0 Å².